The van der Waals surface area contributed by atoms with Crippen LogP contribution < -0.4 is 4.74 Å². The van der Waals surface area contributed by atoms with Gasteiger partial charge in [0.2, 0.25) is 0 Å². The van der Waals surface area contributed by atoms with Crippen molar-refractivity contribution in [1.82, 2.24) is 0 Å². The van der Waals surface area contributed by atoms with Gasteiger partial charge in [0.1, 0.15) is 18.2 Å². The lowest BCUT2D eigenvalue weighted by Crippen LogP contribution is -2.12. The molecule has 96 valence electrons. The summed E-state index contributed by atoms with van der Waals surface area (Å²) in [7, 11) is 0. The van der Waals surface area contributed by atoms with E-state index in [1.807, 2.05) is 13.8 Å². The van der Waals surface area contributed by atoms with Crippen LogP contribution >= 0.6 is 0 Å². The van der Waals surface area contributed by atoms with E-state index in [-0.39, 0.29) is 11.9 Å². The summed E-state index contributed by atoms with van der Waals surface area (Å²) in [6.45, 7) is 6.26. The average molecular weight is 242 g/mol. The quantitative estimate of drug-likeness (QED) is 0.779. The lowest BCUT2D eigenvalue weighted by molar-refractivity contribution is 0.0543. The van der Waals surface area contributed by atoms with Crippen molar-refractivity contribution in [3.63, 3.8) is 0 Å². The first kappa shape index (κ1) is 13.9. The Morgan fingerprint density at radius 2 is 1.94 bits per heavy atom. The fourth-order valence-electron chi connectivity index (χ4n) is 1.41. The number of halogens is 1. The molecule has 1 aromatic carbocycles. The zero-order valence-corrected chi connectivity index (χ0v) is 10.4. The molecule has 0 unspecified atom stereocenters. The highest BCUT2D eigenvalue weighted by molar-refractivity contribution is 5.35. The van der Waals surface area contributed by atoms with Gasteiger partial charge < -0.3 is 14.6 Å². The van der Waals surface area contributed by atoms with Crippen LogP contribution in [0.25, 0.3) is 0 Å². The Kier molecular flexibility index (Phi) is 5.38. The van der Waals surface area contributed by atoms with Gasteiger partial charge in [0.15, 0.2) is 0 Å². The summed E-state index contributed by atoms with van der Waals surface area (Å²) in [6, 6.07) is 4.11. The van der Waals surface area contributed by atoms with Gasteiger partial charge in [0, 0.05) is 11.6 Å². The molecule has 1 atom stereocenters. The number of hydrogen-bond donors (Lipinski definition) is 1. The SMILES string of the molecule is CC(C)OCCOc1cc(F)ccc1[C@@H](C)O. The second-order valence-corrected chi connectivity index (χ2v) is 4.13. The molecule has 0 radical (unpaired) electrons. The minimum absolute atomic E-state index is 0.141. The molecule has 0 aliphatic rings. The van der Waals surface area contributed by atoms with E-state index in [2.05, 4.69) is 0 Å². The maximum Gasteiger partial charge on any atom is 0.128 e. The number of aliphatic hydroxyl groups excluding tert-OH is 1. The first-order chi connectivity index (χ1) is 8.00. The monoisotopic (exact) mass is 242 g/mol. The van der Waals surface area contributed by atoms with Crippen molar-refractivity contribution in [2.24, 2.45) is 0 Å². The van der Waals surface area contributed by atoms with Gasteiger partial charge in [-0.15, -0.1) is 0 Å². The van der Waals surface area contributed by atoms with Crippen LogP contribution in [0.5, 0.6) is 5.75 Å². The molecule has 0 aliphatic carbocycles. The summed E-state index contributed by atoms with van der Waals surface area (Å²) in [5.74, 6) is -0.0125. The molecule has 0 amide bonds. The maximum absolute atomic E-state index is 13.1. The molecule has 1 N–H and O–H groups in total. The molecule has 0 heterocycles. The van der Waals surface area contributed by atoms with Crippen molar-refractivity contribution in [2.75, 3.05) is 13.2 Å². The third-order valence-electron chi connectivity index (χ3n) is 2.22. The molecule has 0 fully saturated rings. The normalized spacial score (nSPS) is 12.8. The van der Waals surface area contributed by atoms with Crippen LogP contribution in [0.15, 0.2) is 18.2 Å². The number of aliphatic hydroxyl groups is 1. The van der Waals surface area contributed by atoms with Crippen molar-refractivity contribution in [3.05, 3.63) is 29.6 Å². The average Bonchev–Trinajstić information content (AvgIpc) is 2.23. The molecule has 1 rings (SSSR count). The minimum Gasteiger partial charge on any atom is -0.491 e. The van der Waals surface area contributed by atoms with E-state index in [1.165, 1.54) is 18.2 Å². The van der Waals surface area contributed by atoms with Gasteiger partial charge >= 0.3 is 0 Å². The van der Waals surface area contributed by atoms with Crippen LogP contribution in [0, 0.1) is 5.82 Å². The van der Waals surface area contributed by atoms with Gasteiger partial charge in [-0.05, 0) is 32.9 Å². The van der Waals surface area contributed by atoms with Gasteiger partial charge in [-0.2, -0.15) is 0 Å². The molecule has 0 saturated carbocycles. The Labute approximate surface area is 101 Å². The summed E-state index contributed by atoms with van der Waals surface area (Å²) in [5, 5.41) is 9.51. The molecule has 0 aromatic heterocycles. The number of hydrogen-bond acceptors (Lipinski definition) is 3. The maximum atomic E-state index is 13.1. The number of rotatable bonds is 6. The Hall–Kier alpha value is -1.13. The summed E-state index contributed by atoms with van der Waals surface area (Å²) < 4.78 is 23.8. The second kappa shape index (κ2) is 6.57. The third-order valence-corrected chi connectivity index (χ3v) is 2.22. The minimum atomic E-state index is -0.684. The van der Waals surface area contributed by atoms with Crippen LogP contribution in [0.3, 0.4) is 0 Å². The van der Waals surface area contributed by atoms with Crippen LogP contribution in [0.4, 0.5) is 4.39 Å². The summed E-state index contributed by atoms with van der Waals surface area (Å²) in [4.78, 5) is 0. The molecule has 3 nitrogen and oxygen atoms in total. The molecule has 0 saturated heterocycles. The standard InChI is InChI=1S/C13H19FO3/c1-9(2)16-6-7-17-13-8-11(14)4-5-12(13)10(3)15/h4-5,8-10,15H,6-7H2,1-3H3/t10-/m1/s1. The van der Waals surface area contributed by atoms with Crippen molar-refractivity contribution in [3.8, 4) is 5.75 Å². The number of benzene rings is 1. The molecule has 0 spiro atoms. The van der Waals surface area contributed by atoms with Gasteiger partial charge in [0.25, 0.3) is 0 Å². The van der Waals surface area contributed by atoms with Crippen LogP contribution in [-0.4, -0.2) is 24.4 Å². The van der Waals surface area contributed by atoms with Crippen LogP contribution in [-0.2, 0) is 4.74 Å². The molecular weight excluding hydrogens is 223 g/mol. The van der Waals surface area contributed by atoms with E-state index in [4.69, 9.17) is 9.47 Å². The Morgan fingerprint density at radius 1 is 1.24 bits per heavy atom. The van der Waals surface area contributed by atoms with Gasteiger partial charge in [-0.25, -0.2) is 4.39 Å². The van der Waals surface area contributed by atoms with Gasteiger partial charge in [-0.1, -0.05) is 0 Å². The highest BCUT2D eigenvalue weighted by Crippen LogP contribution is 2.25. The molecule has 1 aromatic rings. The Bertz CT molecular complexity index is 351. The van der Waals surface area contributed by atoms with Gasteiger partial charge in [-0.3, -0.25) is 0 Å². The van der Waals surface area contributed by atoms with E-state index in [0.717, 1.165) is 0 Å². The van der Waals surface area contributed by atoms with Crippen LogP contribution in [0.2, 0.25) is 0 Å². The van der Waals surface area contributed by atoms with E-state index >= 15 is 0 Å². The van der Waals surface area contributed by atoms with E-state index in [1.54, 1.807) is 6.92 Å². The van der Waals surface area contributed by atoms with Crippen molar-refractivity contribution >= 4 is 0 Å². The van der Waals surface area contributed by atoms with Crippen LogP contribution in [0.1, 0.15) is 32.4 Å². The summed E-state index contributed by atoms with van der Waals surface area (Å²) in [5.41, 5.74) is 0.580. The fourth-order valence-corrected chi connectivity index (χ4v) is 1.41. The topological polar surface area (TPSA) is 38.7 Å². The molecule has 17 heavy (non-hydrogen) atoms. The highest BCUT2D eigenvalue weighted by atomic mass is 19.1. The second-order valence-electron chi connectivity index (χ2n) is 4.13. The Balaban J connectivity index is 2.59. The molecule has 0 aliphatic heterocycles. The first-order valence-corrected chi connectivity index (χ1v) is 5.72. The lowest BCUT2D eigenvalue weighted by atomic mass is 10.1. The van der Waals surface area contributed by atoms with E-state index < -0.39 is 6.10 Å². The van der Waals surface area contributed by atoms with E-state index in [0.29, 0.717) is 24.5 Å². The predicted molar refractivity (Wildman–Crippen MR) is 63.6 cm³/mol. The highest BCUT2D eigenvalue weighted by Gasteiger charge is 2.10. The largest absolute Gasteiger partial charge is 0.491 e. The Morgan fingerprint density at radius 3 is 2.53 bits per heavy atom. The predicted octanol–water partition coefficient (Wildman–Crippen LogP) is 2.68. The van der Waals surface area contributed by atoms with E-state index in [9.17, 15) is 9.50 Å². The zero-order valence-electron chi connectivity index (χ0n) is 10.4. The fraction of sp³-hybridized carbons (Fsp3) is 0.538. The van der Waals surface area contributed by atoms with Crippen molar-refractivity contribution in [2.45, 2.75) is 33.0 Å². The zero-order chi connectivity index (χ0) is 12.8. The number of ether oxygens (including phenoxy) is 2. The lowest BCUT2D eigenvalue weighted by Gasteiger charge is -2.14. The van der Waals surface area contributed by atoms with Crippen molar-refractivity contribution < 1.29 is 19.0 Å². The molecular formula is C13H19FO3. The molecule has 4 heteroatoms. The van der Waals surface area contributed by atoms with Gasteiger partial charge in [0.05, 0.1) is 18.8 Å². The summed E-state index contributed by atoms with van der Waals surface area (Å²) in [6.07, 6.45) is -0.543. The molecule has 0 bridgehead atoms. The smallest absolute Gasteiger partial charge is 0.128 e. The van der Waals surface area contributed by atoms with Crippen molar-refractivity contribution in [1.29, 1.82) is 0 Å². The first-order valence-electron chi connectivity index (χ1n) is 5.72. The third kappa shape index (κ3) is 4.71. The summed E-state index contributed by atoms with van der Waals surface area (Å²) >= 11 is 0.